The maximum absolute atomic E-state index is 8.93. The molecule has 0 aliphatic heterocycles. The van der Waals surface area contributed by atoms with E-state index in [0.29, 0.717) is 6.61 Å². The zero-order valence-electron chi connectivity index (χ0n) is 8.16. The van der Waals surface area contributed by atoms with E-state index in [4.69, 9.17) is 5.11 Å². The number of hydrogen-bond acceptors (Lipinski definition) is 1. The molecule has 0 radical (unpaired) electrons. The van der Waals surface area contributed by atoms with Gasteiger partial charge in [-0.05, 0) is 0 Å². The summed E-state index contributed by atoms with van der Waals surface area (Å²) in [6.45, 7) is 0.292. The summed E-state index contributed by atoms with van der Waals surface area (Å²) in [4.78, 5) is 0. The van der Waals surface area contributed by atoms with E-state index in [1.165, 1.54) is 12.0 Å². The molecular formula is C12H14OZr. The van der Waals surface area contributed by atoms with Crippen molar-refractivity contribution in [2.24, 2.45) is 0 Å². The minimum absolute atomic E-state index is 0.292. The monoisotopic (exact) mass is 264 g/mol. The fourth-order valence-corrected chi connectivity index (χ4v) is 5.15. The Labute approximate surface area is 96.5 Å². The first-order chi connectivity index (χ1) is 6.90. The van der Waals surface area contributed by atoms with Crippen LogP contribution in [0.3, 0.4) is 0 Å². The van der Waals surface area contributed by atoms with Crippen LogP contribution < -0.4 is 0 Å². The van der Waals surface area contributed by atoms with E-state index >= 15 is 0 Å². The van der Waals surface area contributed by atoms with Crippen molar-refractivity contribution in [2.75, 3.05) is 6.61 Å². The first kappa shape index (κ1) is 10.3. The van der Waals surface area contributed by atoms with Gasteiger partial charge in [-0.25, -0.2) is 0 Å². The van der Waals surface area contributed by atoms with Crippen molar-refractivity contribution in [3.05, 3.63) is 42.5 Å². The van der Waals surface area contributed by atoms with Crippen LogP contribution in [0.2, 0.25) is 0 Å². The molecule has 0 fully saturated rings. The van der Waals surface area contributed by atoms with Gasteiger partial charge in [-0.3, -0.25) is 0 Å². The first-order valence-electron chi connectivity index (χ1n) is 5.02. The molecular weight excluding hydrogens is 251 g/mol. The molecule has 0 aromatic rings. The molecule has 0 heterocycles. The molecule has 0 spiro atoms. The molecule has 0 aromatic heterocycles. The number of hydrogen-bond donors (Lipinski definition) is 1. The van der Waals surface area contributed by atoms with Crippen molar-refractivity contribution in [3.8, 4) is 0 Å². The summed E-state index contributed by atoms with van der Waals surface area (Å²) in [6, 6.07) is 0. The van der Waals surface area contributed by atoms with Crippen LogP contribution in [0.1, 0.15) is 19.3 Å². The van der Waals surface area contributed by atoms with Crippen molar-refractivity contribution in [3.63, 3.8) is 0 Å². The Hall–Kier alpha value is -0.197. The zero-order chi connectivity index (χ0) is 9.80. The number of rotatable bonds is 4. The van der Waals surface area contributed by atoms with Crippen LogP contribution >= 0.6 is 0 Å². The molecule has 1 N–H and O–H groups in total. The van der Waals surface area contributed by atoms with Gasteiger partial charge < -0.3 is 0 Å². The van der Waals surface area contributed by atoms with Crippen LogP contribution in [0, 0.1) is 0 Å². The molecule has 0 aromatic carbocycles. The standard InChI is InChI=1S/C7H9O.C5H5.Zr/c8-6-5-7-3-1-2-4-7;1-2-4-5-3-1;/h1,3,8H,2,5-6H2;1-3H,4H2;. The van der Waals surface area contributed by atoms with E-state index in [1.807, 2.05) is 0 Å². The third-order valence-corrected chi connectivity index (χ3v) is 6.23. The summed E-state index contributed by atoms with van der Waals surface area (Å²) < 4.78 is 3.33. The van der Waals surface area contributed by atoms with Crippen LogP contribution in [-0.4, -0.2) is 11.7 Å². The molecule has 14 heavy (non-hydrogen) atoms. The fraction of sp³-hybridized carbons (Fsp3) is 0.333. The normalized spacial score (nSPS) is 19.4. The van der Waals surface area contributed by atoms with Gasteiger partial charge in [0.05, 0.1) is 0 Å². The second kappa shape index (κ2) is 5.04. The van der Waals surface area contributed by atoms with E-state index < -0.39 is 23.2 Å². The third-order valence-electron chi connectivity index (χ3n) is 2.49. The second-order valence-corrected chi connectivity index (χ2v) is 7.21. The van der Waals surface area contributed by atoms with Crippen LogP contribution in [0.15, 0.2) is 42.5 Å². The minimum atomic E-state index is -0.488. The Bertz CT molecular complexity index is 334. The van der Waals surface area contributed by atoms with Crippen molar-refractivity contribution in [1.82, 2.24) is 0 Å². The summed E-state index contributed by atoms with van der Waals surface area (Å²) in [6.07, 6.45) is 14.3. The average molecular weight is 265 g/mol. The van der Waals surface area contributed by atoms with Gasteiger partial charge in [0.1, 0.15) is 0 Å². The van der Waals surface area contributed by atoms with Gasteiger partial charge in [0, 0.05) is 0 Å². The van der Waals surface area contributed by atoms with Crippen molar-refractivity contribution in [2.45, 2.75) is 19.3 Å². The van der Waals surface area contributed by atoms with Crippen molar-refractivity contribution >= 4 is 0 Å². The Morgan fingerprint density at radius 2 is 2.21 bits per heavy atom. The van der Waals surface area contributed by atoms with Gasteiger partial charge in [-0.1, -0.05) is 0 Å². The number of aliphatic hydroxyl groups excluding tert-OH is 1. The fourth-order valence-electron chi connectivity index (χ4n) is 1.77. The summed E-state index contributed by atoms with van der Waals surface area (Å²) in [5, 5.41) is 8.93. The van der Waals surface area contributed by atoms with Gasteiger partial charge in [-0.2, -0.15) is 0 Å². The van der Waals surface area contributed by atoms with Gasteiger partial charge in [0.25, 0.3) is 0 Å². The second-order valence-electron chi connectivity index (χ2n) is 3.53. The average Bonchev–Trinajstić information content (AvgIpc) is 2.80. The molecule has 2 aliphatic carbocycles. The first-order valence-corrected chi connectivity index (χ1v) is 7.48. The molecule has 2 aliphatic rings. The number of aliphatic hydroxyl groups is 1. The van der Waals surface area contributed by atoms with Crippen LogP contribution in [0.4, 0.5) is 0 Å². The van der Waals surface area contributed by atoms with E-state index in [0.717, 1.165) is 12.8 Å². The SMILES string of the molecule is OCCC1=[C]([Zr][C]2=CC=CC2)CC=C1. The summed E-state index contributed by atoms with van der Waals surface area (Å²) in [7, 11) is 0. The Kier molecular flexibility index (Phi) is 3.72. The molecule has 0 saturated carbocycles. The molecule has 72 valence electrons. The van der Waals surface area contributed by atoms with Gasteiger partial charge in [0.15, 0.2) is 0 Å². The Morgan fingerprint density at radius 1 is 1.29 bits per heavy atom. The predicted octanol–water partition coefficient (Wildman–Crippen LogP) is 2.51. The van der Waals surface area contributed by atoms with Gasteiger partial charge in [0.2, 0.25) is 0 Å². The molecule has 1 nitrogen and oxygen atoms in total. The maximum atomic E-state index is 8.93. The summed E-state index contributed by atoms with van der Waals surface area (Å²) in [5.41, 5.74) is 1.42. The van der Waals surface area contributed by atoms with Gasteiger partial charge >= 0.3 is 96.7 Å². The third kappa shape index (κ3) is 2.43. The van der Waals surface area contributed by atoms with Crippen LogP contribution in [0.25, 0.3) is 0 Å². The predicted molar refractivity (Wildman–Crippen MR) is 54.3 cm³/mol. The molecule has 0 saturated heterocycles. The molecule has 2 rings (SSSR count). The van der Waals surface area contributed by atoms with E-state index in [9.17, 15) is 0 Å². The van der Waals surface area contributed by atoms with Gasteiger partial charge in [-0.15, -0.1) is 0 Å². The Morgan fingerprint density at radius 3 is 2.93 bits per heavy atom. The van der Waals surface area contributed by atoms with E-state index in [-0.39, 0.29) is 0 Å². The zero-order valence-corrected chi connectivity index (χ0v) is 10.6. The van der Waals surface area contributed by atoms with Crippen LogP contribution in [0.5, 0.6) is 0 Å². The molecule has 0 unspecified atom stereocenters. The topological polar surface area (TPSA) is 20.2 Å². The Balaban J connectivity index is 1.99. The van der Waals surface area contributed by atoms with E-state index in [2.05, 4.69) is 30.4 Å². The van der Waals surface area contributed by atoms with E-state index in [1.54, 1.807) is 6.56 Å². The van der Waals surface area contributed by atoms with Crippen molar-refractivity contribution < 1.29 is 28.3 Å². The molecule has 0 atom stereocenters. The molecule has 0 amide bonds. The number of allylic oxidation sites excluding steroid dienone is 7. The summed E-state index contributed by atoms with van der Waals surface area (Å²) >= 11 is -0.488. The molecule has 2 heteroatoms. The summed E-state index contributed by atoms with van der Waals surface area (Å²) in [5.74, 6) is 0. The van der Waals surface area contributed by atoms with Crippen molar-refractivity contribution in [1.29, 1.82) is 0 Å². The van der Waals surface area contributed by atoms with Crippen LogP contribution in [-0.2, 0) is 23.2 Å². The quantitative estimate of drug-likeness (QED) is 0.828. The molecule has 0 bridgehead atoms.